The van der Waals surface area contributed by atoms with Gasteiger partial charge in [0.2, 0.25) is 10.0 Å². The van der Waals surface area contributed by atoms with E-state index in [1.54, 1.807) is 0 Å². The van der Waals surface area contributed by atoms with Crippen molar-refractivity contribution >= 4 is 16.0 Å². The molecule has 0 aliphatic rings. The molecule has 0 amide bonds. The van der Waals surface area contributed by atoms with Gasteiger partial charge in [-0.2, -0.15) is 4.31 Å². The molecule has 6 nitrogen and oxygen atoms in total. The van der Waals surface area contributed by atoms with E-state index in [1.165, 1.54) is 28.2 Å². The van der Waals surface area contributed by atoms with Crippen LogP contribution in [0.25, 0.3) is 0 Å². The minimum absolute atomic E-state index is 0.0172. The van der Waals surface area contributed by atoms with E-state index in [0.717, 1.165) is 0 Å². The number of nitrogens with zero attached hydrogens (tertiary/aromatic N) is 2. The molecule has 7 heteroatoms. The molecule has 0 fully saturated rings. The molecule has 1 unspecified atom stereocenters. The Morgan fingerprint density at radius 3 is 2.10 bits per heavy atom. The summed E-state index contributed by atoms with van der Waals surface area (Å²) < 4.78 is 28.0. The number of hydrogen-bond acceptors (Lipinski definition) is 3. The van der Waals surface area contributed by atoms with Crippen molar-refractivity contribution in [2.45, 2.75) is 51.6 Å². The Labute approximate surface area is 126 Å². The lowest BCUT2D eigenvalue weighted by Gasteiger charge is -2.26. The lowest BCUT2D eigenvalue weighted by molar-refractivity contribution is 0.0683. The summed E-state index contributed by atoms with van der Waals surface area (Å²) in [5.41, 5.74) is -0.0193. The van der Waals surface area contributed by atoms with Crippen LogP contribution in [0.5, 0.6) is 0 Å². The molecule has 1 aromatic rings. The molecule has 0 aliphatic carbocycles. The van der Waals surface area contributed by atoms with Gasteiger partial charge in [-0.05, 0) is 32.8 Å². The van der Waals surface area contributed by atoms with E-state index in [1.807, 2.05) is 34.6 Å². The first-order valence-corrected chi connectivity index (χ1v) is 8.37. The smallest absolute Gasteiger partial charge is 0.352 e. The number of aromatic nitrogens is 1. The van der Waals surface area contributed by atoms with E-state index in [0.29, 0.717) is 0 Å². The molecule has 1 aromatic heterocycles. The summed E-state index contributed by atoms with van der Waals surface area (Å²) in [6, 6.07) is 0.917. The Morgan fingerprint density at radius 2 is 1.76 bits per heavy atom. The van der Waals surface area contributed by atoms with E-state index < -0.39 is 16.0 Å². The van der Waals surface area contributed by atoms with Crippen LogP contribution in [0.1, 0.15) is 51.1 Å². The van der Waals surface area contributed by atoms with Gasteiger partial charge >= 0.3 is 5.97 Å². The summed E-state index contributed by atoms with van der Waals surface area (Å²) in [5.74, 6) is -0.972. The maximum absolute atomic E-state index is 12.6. The first kappa shape index (κ1) is 17.7. The van der Waals surface area contributed by atoms with Gasteiger partial charge in [0, 0.05) is 25.3 Å². The molecule has 0 aliphatic heterocycles. The molecule has 0 saturated heterocycles. The van der Waals surface area contributed by atoms with Crippen molar-refractivity contribution in [3.8, 4) is 0 Å². The molecule has 1 N–H and O–H groups in total. The summed E-state index contributed by atoms with van der Waals surface area (Å²) in [6.45, 7) is 9.34. The second-order valence-electron chi connectivity index (χ2n) is 5.87. The Kier molecular flexibility index (Phi) is 5.22. The highest BCUT2D eigenvalue weighted by molar-refractivity contribution is 7.89. The van der Waals surface area contributed by atoms with Crippen LogP contribution < -0.4 is 0 Å². The molecule has 0 bridgehead atoms. The topological polar surface area (TPSA) is 79.6 Å². The van der Waals surface area contributed by atoms with Gasteiger partial charge in [-0.3, -0.25) is 0 Å². The molecule has 0 saturated carbocycles. The third-order valence-corrected chi connectivity index (χ3v) is 5.72. The molecule has 1 atom stereocenters. The van der Waals surface area contributed by atoms with Crippen LogP contribution >= 0.6 is 0 Å². The van der Waals surface area contributed by atoms with Gasteiger partial charge in [-0.1, -0.05) is 13.8 Å². The van der Waals surface area contributed by atoms with Gasteiger partial charge in [0.05, 0.1) is 0 Å². The standard InChI is InChI=1S/C14H24N2O4S/c1-9(2)11(5)15(6)21(19,20)12-7-13(14(17)18)16(8-12)10(3)4/h7-11H,1-6H3,(H,17,18). The summed E-state index contributed by atoms with van der Waals surface area (Å²) in [7, 11) is -2.18. The third-order valence-electron chi connectivity index (χ3n) is 3.81. The lowest BCUT2D eigenvalue weighted by atomic mass is 10.1. The average molecular weight is 316 g/mol. The summed E-state index contributed by atoms with van der Waals surface area (Å²) in [5, 5.41) is 9.20. The van der Waals surface area contributed by atoms with E-state index in [-0.39, 0.29) is 28.6 Å². The normalized spacial score (nSPS) is 14.1. The van der Waals surface area contributed by atoms with E-state index in [9.17, 15) is 18.3 Å². The predicted molar refractivity (Wildman–Crippen MR) is 81.0 cm³/mol. The van der Waals surface area contributed by atoms with E-state index in [2.05, 4.69) is 0 Å². The molecule has 1 heterocycles. The number of carboxylic acids is 1. The minimum atomic E-state index is -3.70. The highest BCUT2D eigenvalue weighted by atomic mass is 32.2. The van der Waals surface area contributed by atoms with E-state index >= 15 is 0 Å². The summed E-state index contributed by atoms with van der Waals surface area (Å²) in [6.07, 6.45) is 1.40. The molecule has 0 spiro atoms. The van der Waals surface area contributed by atoms with Crippen molar-refractivity contribution in [3.05, 3.63) is 18.0 Å². The Morgan fingerprint density at radius 1 is 1.24 bits per heavy atom. The zero-order valence-corrected chi connectivity index (χ0v) is 14.2. The Hall–Kier alpha value is -1.34. The number of rotatable bonds is 6. The third kappa shape index (κ3) is 3.47. The number of sulfonamides is 1. The van der Waals surface area contributed by atoms with Crippen LogP contribution in [0, 0.1) is 5.92 Å². The fourth-order valence-electron chi connectivity index (χ4n) is 2.00. The van der Waals surface area contributed by atoms with Gasteiger partial charge in [0.25, 0.3) is 0 Å². The highest BCUT2D eigenvalue weighted by Crippen LogP contribution is 2.24. The van der Waals surface area contributed by atoms with Gasteiger partial charge in [-0.15, -0.1) is 0 Å². The first-order valence-electron chi connectivity index (χ1n) is 6.93. The molecule has 0 aromatic carbocycles. The molecule has 21 heavy (non-hydrogen) atoms. The second-order valence-corrected chi connectivity index (χ2v) is 7.87. The van der Waals surface area contributed by atoms with Gasteiger partial charge in [0.15, 0.2) is 0 Å². The minimum Gasteiger partial charge on any atom is -0.477 e. The summed E-state index contributed by atoms with van der Waals surface area (Å²) >= 11 is 0. The van der Waals surface area contributed by atoms with Crippen molar-refractivity contribution in [1.82, 2.24) is 8.87 Å². The Balaban J connectivity index is 3.33. The fourth-order valence-corrected chi connectivity index (χ4v) is 3.52. The fraction of sp³-hybridized carbons (Fsp3) is 0.643. The maximum atomic E-state index is 12.6. The number of aromatic carboxylic acids is 1. The van der Waals surface area contributed by atoms with Gasteiger partial charge in [-0.25, -0.2) is 13.2 Å². The molecular formula is C14H24N2O4S. The SMILES string of the molecule is CC(C)C(C)N(C)S(=O)(=O)c1cc(C(=O)O)n(C(C)C)c1. The maximum Gasteiger partial charge on any atom is 0.352 e. The average Bonchev–Trinajstić information content (AvgIpc) is 2.82. The quantitative estimate of drug-likeness (QED) is 0.874. The van der Waals surface area contributed by atoms with Crippen molar-refractivity contribution in [1.29, 1.82) is 0 Å². The number of hydrogen-bond donors (Lipinski definition) is 1. The van der Waals surface area contributed by atoms with Crippen molar-refractivity contribution in [3.63, 3.8) is 0 Å². The highest BCUT2D eigenvalue weighted by Gasteiger charge is 2.30. The van der Waals surface area contributed by atoms with Crippen molar-refractivity contribution < 1.29 is 18.3 Å². The zero-order chi connectivity index (χ0) is 16.5. The first-order chi connectivity index (χ1) is 9.50. The van der Waals surface area contributed by atoms with Crippen LogP contribution in [0.15, 0.2) is 17.2 Å². The predicted octanol–water partition coefficient (Wildman–Crippen LogP) is 2.43. The monoisotopic (exact) mass is 316 g/mol. The van der Waals surface area contributed by atoms with Crippen LogP contribution in [-0.2, 0) is 10.0 Å². The van der Waals surface area contributed by atoms with Crippen LogP contribution in [0.4, 0.5) is 0 Å². The van der Waals surface area contributed by atoms with E-state index in [4.69, 9.17) is 0 Å². The van der Waals surface area contributed by atoms with Crippen LogP contribution in [0.3, 0.4) is 0 Å². The Bertz CT molecular complexity index is 617. The molecular weight excluding hydrogens is 292 g/mol. The van der Waals surface area contributed by atoms with Gasteiger partial charge < -0.3 is 9.67 Å². The van der Waals surface area contributed by atoms with Crippen molar-refractivity contribution in [2.24, 2.45) is 5.92 Å². The van der Waals surface area contributed by atoms with Crippen LogP contribution in [-0.4, -0.2) is 41.5 Å². The zero-order valence-electron chi connectivity index (χ0n) is 13.4. The molecule has 1 rings (SSSR count). The number of carbonyl (C=O) groups is 1. The second kappa shape index (κ2) is 6.19. The van der Waals surface area contributed by atoms with Crippen molar-refractivity contribution in [2.75, 3.05) is 7.05 Å². The van der Waals surface area contributed by atoms with Gasteiger partial charge in [0.1, 0.15) is 10.6 Å². The van der Waals surface area contributed by atoms with Crippen LogP contribution in [0.2, 0.25) is 0 Å². The lowest BCUT2D eigenvalue weighted by Crippen LogP contribution is -2.38. The molecule has 120 valence electrons. The molecule has 0 radical (unpaired) electrons. The summed E-state index contributed by atoms with van der Waals surface area (Å²) in [4.78, 5) is 11.3. The largest absolute Gasteiger partial charge is 0.477 e. The number of carboxylic acid groups (broad SMARTS) is 1.